The SMILES string of the molecule is CCc1cccc(CC)c1-n1c(C2CCCO2)c(C(=O)N2CCCCC2)cc(-c2nc(-c3ccc(Cl)cc3)cs2)c1=O. The minimum atomic E-state index is -0.328. The third-order valence-corrected chi connectivity index (χ3v) is 9.54. The highest BCUT2D eigenvalue weighted by Gasteiger charge is 2.33. The molecule has 42 heavy (non-hydrogen) atoms. The largest absolute Gasteiger partial charge is 0.372 e. The van der Waals surface area contributed by atoms with Gasteiger partial charge in [-0.05, 0) is 74.3 Å². The van der Waals surface area contributed by atoms with Gasteiger partial charge in [-0.1, -0.05) is 55.8 Å². The number of carbonyl (C=O) groups excluding carboxylic acids is 1. The maximum atomic E-state index is 14.8. The van der Waals surface area contributed by atoms with Crippen LogP contribution in [0, 0.1) is 0 Å². The summed E-state index contributed by atoms with van der Waals surface area (Å²) in [5.74, 6) is -0.0308. The van der Waals surface area contributed by atoms with Crippen LogP contribution in [0.1, 0.15) is 79.2 Å². The minimum Gasteiger partial charge on any atom is -0.372 e. The molecule has 0 N–H and O–H groups in total. The monoisotopic (exact) mass is 601 g/mol. The Morgan fingerprint density at radius 1 is 1.02 bits per heavy atom. The van der Waals surface area contributed by atoms with Gasteiger partial charge in [-0.3, -0.25) is 14.2 Å². The second-order valence-electron chi connectivity index (χ2n) is 11.0. The molecule has 1 amide bonds. The Kier molecular flexibility index (Phi) is 8.61. The first-order valence-corrected chi connectivity index (χ1v) is 16.3. The Hall–Kier alpha value is -3.26. The van der Waals surface area contributed by atoms with Crippen LogP contribution in [0.15, 0.2) is 58.7 Å². The lowest BCUT2D eigenvalue weighted by Crippen LogP contribution is -2.38. The first-order valence-electron chi connectivity index (χ1n) is 15.0. The molecule has 2 aliphatic rings. The average Bonchev–Trinajstić information content (AvgIpc) is 3.74. The zero-order valence-electron chi connectivity index (χ0n) is 24.2. The maximum Gasteiger partial charge on any atom is 0.265 e. The van der Waals surface area contributed by atoms with Crippen LogP contribution in [-0.4, -0.2) is 40.1 Å². The zero-order chi connectivity index (χ0) is 29.2. The van der Waals surface area contributed by atoms with Crippen molar-refractivity contribution in [3.8, 4) is 27.5 Å². The first-order chi connectivity index (χ1) is 20.5. The normalized spacial score (nSPS) is 17.1. The number of rotatable bonds is 7. The predicted octanol–water partition coefficient (Wildman–Crippen LogP) is 7.88. The Morgan fingerprint density at radius 2 is 1.74 bits per heavy atom. The summed E-state index contributed by atoms with van der Waals surface area (Å²) in [6.07, 6.45) is 5.97. The van der Waals surface area contributed by atoms with Gasteiger partial charge in [0.25, 0.3) is 11.5 Å². The van der Waals surface area contributed by atoms with Gasteiger partial charge in [0.2, 0.25) is 0 Å². The molecule has 0 aliphatic carbocycles. The lowest BCUT2D eigenvalue weighted by molar-refractivity contribution is 0.0704. The van der Waals surface area contributed by atoms with Crippen molar-refractivity contribution in [1.29, 1.82) is 0 Å². The lowest BCUT2D eigenvalue weighted by Gasteiger charge is -2.30. The van der Waals surface area contributed by atoms with E-state index in [0.717, 1.165) is 86.1 Å². The summed E-state index contributed by atoms with van der Waals surface area (Å²) in [7, 11) is 0. The second kappa shape index (κ2) is 12.5. The molecule has 8 heteroatoms. The number of thiazole rings is 1. The minimum absolute atomic E-state index is 0.0308. The van der Waals surface area contributed by atoms with Gasteiger partial charge in [-0.25, -0.2) is 4.98 Å². The summed E-state index contributed by atoms with van der Waals surface area (Å²) >= 11 is 7.54. The molecule has 4 heterocycles. The van der Waals surface area contributed by atoms with E-state index in [4.69, 9.17) is 21.3 Å². The molecule has 2 fully saturated rings. The highest BCUT2D eigenvalue weighted by Crippen LogP contribution is 2.37. The van der Waals surface area contributed by atoms with Gasteiger partial charge < -0.3 is 9.64 Å². The van der Waals surface area contributed by atoms with Crippen molar-refractivity contribution in [3.05, 3.63) is 91.7 Å². The van der Waals surface area contributed by atoms with Crippen LogP contribution in [0.25, 0.3) is 27.5 Å². The number of piperidine rings is 1. The standard InChI is InChI=1S/C34H36ClN3O3S/c1-3-22-10-8-11-23(4-2)30(22)38-31(29-12-9-19-41-29)26(33(39)37-17-6-5-7-18-37)20-27(34(38)40)32-36-28(21-42-32)24-13-15-25(35)16-14-24/h8,10-11,13-16,20-21,29H,3-7,9,12,17-19H2,1-2H3. The summed E-state index contributed by atoms with van der Waals surface area (Å²) in [6.45, 7) is 6.28. The maximum absolute atomic E-state index is 14.8. The number of likely N-dealkylation sites (tertiary alicyclic amines) is 1. The molecule has 2 aromatic carbocycles. The Balaban J connectivity index is 1.63. The van der Waals surface area contributed by atoms with Crippen molar-refractivity contribution in [2.45, 2.75) is 64.9 Å². The summed E-state index contributed by atoms with van der Waals surface area (Å²) in [5.41, 5.74) is 6.23. The molecule has 2 saturated heterocycles. The van der Waals surface area contributed by atoms with E-state index in [1.165, 1.54) is 11.3 Å². The van der Waals surface area contributed by atoms with Crippen LogP contribution < -0.4 is 5.56 Å². The third-order valence-electron chi connectivity index (χ3n) is 8.41. The number of nitrogens with zero attached hydrogens (tertiary/aromatic N) is 3. The highest BCUT2D eigenvalue weighted by atomic mass is 35.5. The molecule has 0 saturated carbocycles. The van der Waals surface area contributed by atoms with Crippen LogP contribution in [0.2, 0.25) is 5.02 Å². The molecule has 218 valence electrons. The van der Waals surface area contributed by atoms with E-state index in [0.29, 0.717) is 33.5 Å². The Bertz CT molecular complexity index is 1630. The van der Waals surface area contributed by atoms with Crippen molar-refractivity contribution in [2.24, 2.45) is 0 Å². The number of amides is 1. The number of ether oxygens (including phenoxy) is 1. The number of para-hydroxylation sites is 1. The van der Waals surface area contributed by atoms with Gasteiger partial charge in [-0.2, -0.15) is 0 Å². The van der Waals surface area contributed by atoms with Gasteiger partial charge in [0, 0.05) is 35.7 Å². The van der Waals surface area contributed by atoms with Crippen LogP contribution in [0.3, 0.4) is 0 Å². The molecule has 6 nitrogen and oxygen atoms in total. The number of aryl methyl sites for hydroxylation is 2. The summed E-state index contributed by atoms with van der Waals surface area (Å²) in [5, 5.41) is 3.21. The van der Waals surface area contributed by atoms with Crippen LogP contribution in [0.5, 0.6) is 0 Å². The summed E-state index contributed by atoms with van der Waals surface area (Å²) in [6, 6.07) is 15.6. The number of hydrogen-bond donors (Lipinski definition) is 0. The molecule has 0 radical (unpaired) electrons. The van der Waals surface area contributed by atoms with Crippen LogP contribution in [0.4, 0.5) is 0 Å². The molecule has 1 atom stereocenters. The van der Waals surface area contributed by atoms with Gasteiger partial charge >= 0.3 is 0 Å². The fraction of sp³-hybridized carbons (Fsp3) is 0.382. The second-order valence-corrected chi connectivity index (χ2v) is 12.3. The van der Waals surface area contributed by atoms with Crippen LogP contribution in [-0.2, 0) is 17.6 Å². The number of pyridine rings is 1. The lowest BCUT2D eigenvalue weighted by atomic mass is 9.97. The van der Waals surface area contributed by atoms with E-state index in [1.807, 2.05) is 39.1 Å². The third kappa shape index (κ3) is 5.46. The highest BCUT2D eigenvalue weighted by molar-refractivity contribution is 7.13. The van der Waals surface area contributed by atoms with Crippen molar-refractivity contribution >= 4 is 28.8 Å². The Morgan fingerprint density at radius 3 is 2.38 bits per heavy atom. The quantitative estimate of drug-likeness (QED) is 0.216. The molecular weight excluding hydrogens is 566 g/mol. The van der Waals surface area contributed by atoms with E-state index < -0.39 is 0 Å². The summed E-state index contributed by atoms with van der Waals surface area (Å²) in [4.78, 5) is 36.0. The molecule has 4 aromatic rings. The smallest absolute Gasteiger partial charge is 0.265 e. The van der Waals surface area contributed by atoms with E-state index >= 15 is 0 Å². The number of aromatic nitrogens is 2. The van der Waals surface area contributed by atoms with Crippen molar-refractivity contribution in [3.63, 3.8) is 0 Å². The van der Waals surface area contributed by atoms with Gasteiger partial charge in [0.05, 0.1) is 34.3 Å². The van der Waals surface area contributed by atoms with Gasteiger partial charge in [0.15, 0.2) is 0 Å². The molecule has 0 spiro atoms. The van der Waals surface area contributed by atoms with E-state index in [1.54, 1.807) is 6.07 Å². The van der Waals surface area contributed by atoms with Crippen molar-refractivity contribution in [1.82, 2.24) is 14.5 Å². The average molecular weight is 602 g/mol. The first kappa shape index (κ1) is 28.8. The molecule has 6 rings (SSSR count). The van der Waals surface area contributed by atoms with Crippen molar-refractivity contribution in [2.75, 3.05) is 19.7 Å². The fourth-order valence-corrected chi connectivity index (χ4v) is 7.17. The topological polar surface area (TPSA) is 64.4 Å². The Labute approximate surface area is 255 Å². The summed E-state index contributed by atoms with van der Waals surface area (Å²) < 4.78 is 8.07. The molecular formula is C34H36ClN3O3S. The number of benzene rings is 2. The van der Waals surface area contributed by atoms with E-state index in [2.05, 4.69) is 32.0 Å². The van der Waals surface area contributed by atoms with Crippen molar-refractivity contribution < 1.29 is 9.53 Å². The number of hydrogen-bond acceptors (Lipinski definition) is 5. The van der Waals surface area contributed by atoms with Gasteiger partial charge in [-0.15, -0.1) is 11.3 Å². The van der Waals surface area contributed by atoms with Crippen LogP contribution >= 0.6 is 22.9 Å². The molecule has 0 bridgehead atoms. The molecule has 1 unspecified atom stereocenters. The molecule has 2 aliphatic heterocycles. The number of carbonyl (C=O) groups is 1. The number of halogens is 1. The van der Waals surface area contributed by atoms with Gasteiger partial charge in [0.1, 0.15) is 5.01 Å². The molecule has 2 aromatic heterocycles. The van der Waals surface area contributed by atoms with E-state index in [9.17, 15) is 9.59 Å². The fourth-order valence-electron chi connectivity index (χ4n) is 6.21. The van der Waals surface area contributed by atoms with E-state index in [-0.39, 0.29) is 17.6 Å². The predicted molar refractivity (Wildman–Crippen MR) is 170 cm³/mol. The zero-order valence-corrected chi connectivity index (χ0v) is 25.8.